The van der Waals surface area contributed by atoms with Gasteiger partial charge in [-0.1, -0.05) is 12.1 Å². The van der Waals surface area contributed by atoms with Crippen LogP contribution in [0.4, 0.5) is 15.8 Å². The highest BCUT2D eigenvalue weighted by atomic mass is 19.1. The molecule has 1 unspecified atom stereocenters. The molecule has 2 aromatic carbocycles. The summed E-state index contributed by atoms with van der Waals surface area (Å²) in [7, 11) is 0. The maximum absolute atomic E-state index is 14.5. The van der Waals surface area contributed by atoms with Crippen molar-refractivity contribution in [3.05, 3.63) is 118 Å². The van der Waals surface area contributed by atoms with E-state index in [0.717, 1.165) is 5.69 Å². The maximum atomic E-state index is 14.5. The molecule has 9 nitrogen and oxygen atoms in total. The number of nitro groups is 1. The number of carbonyl (C=O) groups excluding carboxylic acids is 1. The molecule has 10 heteroatoms. The summed E-state index contributed by atoms with van der Waals surface area (Å²) in [5, 5.41) is 17.4. The zero-order valence-electron chi connectivity index (χ0n) is 19.2. The van der Waals surface area contributed by atoms with Gasteiger partial charge in [-0.3, -0.25) is 24.9 Å². The van der Waals surface area contributed by atoms with E-state index < -0.39 is 16.6 Å². The highest BCUT2D eigenvalue weighted by Gasteiger charge is 2.20. The van der Waals surface area contributed by atoms with Crippen molar-refractivity contribution in [3.63, 3.8) is 0 Å². The molecule has 4 rings (SSSR count). The third-order valence-corrected chi connectivity index (χ3v) is 5.27. The first-order valence-electron chi connectivity index (χ1n) is 11.0. The molecule has 0 radical (unpaired) electrons. The first-order chi connectivity index (χ1) is 17.4. The first-order valence-corrected chi connectivity index (χ1v) is 11.0. The SMILES string of the molecule is CC(Nc1ccc(C(=O)NCc2ccc(Oc3cccnc3)c(F)c2)cc1[N+](=O)[O-])c1ccccn1. The normalized spacial score (nSPS) is 11.4. The van der Waals surface area contributed by atoms with Gasteiger partial charge in [-0.25, -0.2) is 4.39 Å². The highest BCUT2D eigenvalue weighted by molar-refractivity contribution is 5.95. The van der Waals surface area contributed by atoms with Gasteiger partial charge < -0.3 is 15.4 Å². The van der Waals surface area contributed by atoms with Crippen molar-refractivity contribution in [1.82, 2.24) is 15.3 Å². The van der Waals surface area contributed by atoms with Crippen LogP contribution < -0.4 is 15.4 Å². The van der Waals surface area contributed by atoms with E-state index in [9.17, 15) is 19.3 Å². The van der Waals surface area contributed by atoms with Crippen LogP contribution in [0.25, 0.3) is 0 Å². The summed E-state index contributed by atoms with van der Waals surface area (Å²) in [4.78, 5) is 31.9. The zero-order chi connectivity index (χ0) is 25.5. The van der Waals surface area contributed by atoms with Crippen LogP contribution >= 0.6 is 0 Å². The lowest BCUT2D eigenvalue weighted by molar-refractivity contribution is -0.384. The standard InChI is InChI=1S/C26H22FN5O4/c1-17(22-6-2-3-12-29-22)31-23-9-8-19(14-24(23)32(34)35)26(33)30-15-18-7-10-25(21(27)13-18)36-20-5-4-11-28-16-20/h2-14,16-17,31H,15H2,1H3,(H,30,33). The van der Waals surface area contributed by atoms with Crippen LogP contribution in [0, 0.1) is 15.9 Å². The van der Waals surface area contributed by atoms with Crippen molar-refractivity contribution >= 4 is 17.3 Å². The van der Waals surface area contributed by atoms with Crippen LogP contribution in [0.15, 0.2) is 85.3 Å². The van der Waals surface area contributed by atoms with Crippen molar-refractivity contribution in [2.24, 2.45) is 0 Å². The number of hydrogen-bond donors (Lipinski definition) is 2. The molecular formula is C26H22FN5O4. The predicted octanol–water partition coefficient (Wildman–Crippen LogP) is 5.42. The van der Waals surface area contributed by atoms with E-state index in [4.69, 9.17) is 4.74 Å². The lowest BCUT2D eigenvalue weighted by atomic mass is 10.1. The van der Waals surface area contributed by atoms with Crippen molar-refractivity contribution in [1.29, 1.82) is 0 Å². The zero-order valence-corrected chi connectivity index (χ0v) is 19.2. The van der Waals surface area contributed by atoms with Crippen LogP contribution in [0.1, 0.15) is 34.6 Å². The largest absolute Gasteiger partial charge is 0.453 e. The fourth-order valence-corrected chi connectivity index (χ4v) is 3.44. The van der Waals surface area contributed by atoms with Crippen molar-refractivity contribution < 1.29 is 18.8 Å². The number of aromatic nitrogens is 2. The molecule has 2 aromatic heterocycles. The van der Waals surface area contributed by atoms with Crippen LogP contribution in [0.5, 0.6) is 11.5 Å². The number of rotatable bonds is 9. The van der Waals surface area contributed by atoms with Crippen molar-refractivity contribution in [2.45, 2.75) is 19.5 Å². The van der Waals surface area contributed by atoms with Gasteiger partial charge in [0.05, 0.1) is 22.9 Å². The summed E-state index contributed by atoms with van der Waals surface area (Å²) in [6.45, 7) is 1.85. The Morgan fingerprint density at radius 3 is 2.67 bits per heavy atom. The molecule has 0 fully saturated rings. The number of benzene rings is 2. The molecule has 2 N–H and O–H groups in total. The van der Waals surface area contributed by atoms with Gasteiger partial charge >= 0.3 is 0 Å². The van der Waals surface area contributed by atoms with E-state index in [1.54, 1.807) is 36.7 Å². The average Bonchev–Trinajstić information content (AvgIpc) is 2.90. The van der Waals surface area contributed by atoms with E-state index in [1.807, 2.05) is 19.1 Å². The maximum Gasteiger partial charge on any atom is 0.293 e. The summed E-state index contributed by atoms with van der Waals surface area (Å²) in [5.41, 5.74) is 1.35. The Balaban J connectivity index is 1.42. The number of carbonyl (C=O) groups is 1. The summed E-state index contributed by atoms with van der Waals surface area (Å²) < 4.78 is 19.9. The van der Waals surface area contributed by atoms with Gasteiger partial charge in [0.2, 0.25) is 0 Å². The number of anilines is 1. The number of ether oxygens (including phenoxy) is 1. The van der Waals surface area contributed by atoms with Gasteiger partial charge in [-0.05, 0) is 61.0 Å². The first kappa shape index (κ1) is 24.3. The van der Waals surface area contributed by atoms with Crippen LogP contribution in [-0.2, 0) is 6.54 Å². The Morgan fingerprint density at radius 2 is 1.97 bits per heavy atom. The minimum Gasteiger partial charge on any atom is -0.453 e. The molecule has 0 bridgehead atoms. The number of amides is 1. The molecule has 36 heavy (non-hydrogen) atoms. The minimum absolute atomic E-state index is 0.0213. The molecule has 0 spiro atoms. The van der Waals surface area contributed by atoms with Gasteiger partial charge in [-0.15, -0.1) is 0 Å². The third-order valence-electron chi connectivity index (χ3n) is 5.27. The minimum atomic E-state index is -0.598. The van der Waals surface area contributed by atoms with Crippen LogP contribution in [0.2, 0.25) is 0 Å². The van der Waals surface area contributed by atoms with E-state index in [0.29, 0.717) is 11.3 Å². The molecule has 0 aliphatic rings. The lowest BCUT2D eigenvalue weighted by Crippen LogP contribution is -2.23. The van der Waals surface area contributed by atoms with Gasteiger partial charge in [0.25, 0.3) is 11.6 Å². The highest BCUT2D eigenvalue weighted by Crippen LogP contribution is 2.29. The Hall–Kier alpha value is -4.86. The number of nitrogens with zero attached hydrogens (tertiary/aromatic N) is 3. The van der Waals surface area contributed by atoms with Crippen LogP contribution in [-0.4, -0.2) is 20.8 Å². The topological polar surface area (TPSA) is 119 Å². The number of nitro benzene ring substituents is 1. The second-order valence-electron chi connectivity index (χ2n) is 7.85. The fraction of sp³-hybridized carbons (Fsp3) is 0.115. The fourth-order valence-electron chi connectivity index (χ4n) is 3.44. The molecule has 0 saturated carbocycles. The Bertz CT molecular complexity index is 1370. The summed E-state index contributed by atoms with van der Waals surface area (Å²) in [6, 6.07) is 17.0. The van der Waals surface area contributed by atoms with Gasteiger partial charge in [0.15, 0.2) is 11.6 Å². The Morgan fingerprint density at radius 1 is 1.11 bits per heavy atom. The van der Waals surface area contributed by atoms with E-state index in [-0.39, 0.29) is 35.3 Å². The lowest BCUT2D eigenvalue weighted by Gasteiger charge is -2.15. The molecule has 0 saturated heterocycles. The molecule has 0 aliphatic carbocycles. The molecular weight excluding hydrogens is 465 g/mol. The molecule has 0 aliphatic heterocycles. The number of halogens is 1. The number of hydrogen-bond acceptors (Lipinski definition) is 7. The second kappa shape index (κ2) is 11.0. The summed E-state index contributed by atoms with van der Waals surface area (Å²) >= 11 is 0. The van der Waals surface area contributed by atoms with Gasteiger partial charge in [0, 0.05) is 30.6 Å². The number of pyridine rings is 2. The smallest absolute Gasteiger partial charge is 0.293 e. The van der Waals surface area contributed by atoms with E-state index in [1.165, 1.54) is 36.5 Å². The van der Waals surface area contributed by atoms with Crippen molar-refractivity contribution in [2.75, 3.05) is 5.32 Å². The Labute approximate surface area is 206 Å². The van der Waals surface area contributed by atoms with Gasteiger partial charge in [-0.2, -0.15) is 0 Å². The molecule has 4 aromatic rings. The van der Waals surface area contributed by atoms with Crippen LogP contribution in [0.3, 0.4) is 0 Å². The third kappa shape index (κ3) is 5.98. The molecule has 182 valence electrons. The monoisotopic (exact) mass is 487 g/mol. The Kier molecular flexibility index (Phi) is 7.45. The summed E-state index contributed by atoms with van der Waals surface area (Å²) in [6.07, 6.45) is 4.69. The van der Waals surface area contributed by atoms with E-state index >= 15 is 0 Å². The quantitative estimate of drug-likeness (QED) is 0.239. The molecule has 2 heterocycles. The second-order valence-corrected chi connectivity index (χ2v) is 7.85. The molecule has 1 amide bonds. The predicted molar refractivity (Wildman–Crippen MR) is 131 cm³/mol. The number of nitrogens with one attached hydrogen (secondary N) is 2. The van der Waals surface area contributed by atoms with Crippen molar-refractivity contribution in [3.8, 4) is 11.5 Å². The van der Waals surface area contributed by atoms with Gasteiger partial charge in [0.1, 0.15) is 11.4 Å². The summed E-state index contributed by atoms with van der Waals surface area (Å²) in [5.74, 6) is -0.708. The van der Waals surface area contributed by atoms with E-state index in [2.05, 4.69) is 20.6 Å². The molecule has 1 atom stereocenters. The average molecular weight is 487 g/mol.